The van der Waals surface area contributed by atoms with Crippen LogP contribution in [0.15, 0.2) is 0 Å². The number of aliphatic hydroxyl groups is 1. The van der Waals surface area contributed by atoms with Gasteiger partial charge in [-0.15, -0.1) is 11.8 Å². The normalized spacial score (nSPS) is 8.52. The maximum atomic E-state index is 10.7. The van der Waals surface area contributed by atoms with Crippen LogP contribution in [0.4, 0.5) is 0 Å². The standard InChI is InChI=1S/C15H22O3.3CO.Fe/c1-3-4-5-6-7-8-11-14(16)12-9-10-13-15(17)18-2;3*1-2;/h9-10,12-14,16H,3-6,11H2,1-2H3;;;;/t14-;;;;/m1..../s1. The summed E-state index contributed by atoms with van der Waals surface area (Å²) in [6.45, 7) is 15.7. The largest absolute Gasteiger partial charge is 0 e. The molecule has 138 valence electrons. The quantitative estimate of drug-likeness (QED) is 0.163. The van der Waals surface area contributed by atoms with Gasteiger partial charge in [-0.05, 0) is 25.7 Å². The zero-order valence-electron chi connectivity index (χ0n) is 14.3. The number of carbonyl (C=O) groups excluding carboxylic acids is 1. The van der Waals surface area contributed by atoms with Crippen molar-refractivity contribution in [3.05, 3.63) is 45.6 Å². The molecule has 6 nitrogen and oxygen atoms in total. The zero-order valence-corrected chi connectivity index (χ0v) is 15.4. The molecule has 0 aliphatic carbocycles. The molecule has 0 aliphatic rings. The van der Waals surface area contributed by atoms with Crippen LogP contribution in [0.1, 0.15) is 39.0 Å². The summed E-state index contributed by atoms with van der Waals surface area (Å²) in [5.41, 5.74) is 0. The van der Waals surface area contributed by atoms with E-state index in [1.54, 1.807) is 12.8 Å². The van der Waals surface area contributed by atoms with Gasteiger partial charge in [-0.25, -0.2) is 0 Å². The average Bonchev–Trinajstić information content (AvgIpc) is 2.66. The minimum Gasteiger partial charge on any atom is 0 e. The minimum absolute atomic E-state index is 0. The Kier molecular flexibility index (Phi) is 53.6. The summed E-state index contributed by atoms with van der Waals surface area (Å²) >= 11 is 0. The number of aliphatic hydroxyl groups excluding tert-OH is 1. The Morgan fingerprint density at radius 3 is 2.16 bits per heavy atom. The molecular formula is C18H22FeO6. The van der Waals surface area contributed by atoms with Crippen LogP contribution in [0, 0.1) is 57.5 Å². The predicted octanol–water partition coefficient (Wildman–Crippen LogP) is 2.20. The zero-order chi connectivity index (χ0) is 19.6. The van der Waals surface area contributed by atoms with Gasteiger partial charge in [0.05, 0.1) is 19.6 Å². The van der Waals surface area contributed by atoms with Crippen molar-refractivity contribution in [3.63, 3.8) is 0 Å². The molecule has 0 heterocycles. The number of ether oxygens (including phenoxy) is 1. The van der Waals surface area contributed by atoms with Crippen LogP contribution < -0.4 is 0 Å². The van der Waals surface area contributed by atoms with Crippen LogP contribution in [0.3, 0.4) is 0 Å². The van der Waals surface area contributed by atoms with E-state index >= 15 is 0 Å². The van der Waals surface area contributed by atoms with Crippen molar-refractivity contribution in [2.75, 3.05) is 7.11 Å². The Bertz CT molecular complexity index is 364. The average molecular weight is 390 g/mol. The van der Waals surface area contributed by atoms with Gasteiger partial charge in [0.15, 0.2) is 0 Å². The number of rotatable bonds is 9. The first-order chi connectivity index (χ1) is 11.7. The van der Waals surface area contributed by atoms with Gasteiger partial charge in [0.2, 0.25) is 0 Å². The van der Waals surface area contributed by atoms with Gasteiger partial charge < -0.3 is 9.84 Å². The Morgan fingerprint density at radius 2 is 1.68 bits per heavy atom. The van der Waals surface area contributed by atoms with Crippen molar-refractivity contribution in [3.8, 4) is 11.8 Å². The van der Waals surface area contributed by atoms with Crippen molar-refractivity contribution < 1.29 is 45.7 Å². The van der Waals surface area contributed by atoms with Crippen LogP contribution in [0.5, 0.6) is 0 Å². The van der Waals surface area contributed by atoms with Crippen molar-refractivity contribution in [2.24, 2.45) is 0 Å². The van der Waals surface area contributed by atoms with Crippen LogP contribution in [0.2, 0.25) is 0 Å². The molecule has 4 radical (unpaired) electrons. The third-order valence-corrected chi connectivity index (χ3v) is 2.22. The number of hydrogen-bond donors (Lipinski definition) is 1. The molecule has 0 saturated carbocycles. The van der Waals surface area contributed by atoms with Crippen molar-refractivity contribution >= 4 is 5.97 Å². The van der Waals surface area contributed by atoms with E-state index in [9.17, 15) is 9.90 Å². The third kappa shape index (κ3) is 39.5. The van der Waals surface area contributed by atoms with Gasteiger partial charge in [-0.3, -0.25) is 4.79 Å². The molecule has 7 heteroatoms. The molecule has 0 fully saturated rings. The molecule has 0 saturated heterocycles. The van der Waals surface area contributed by atoms with Gasteiger partial charge in [0, 0.05) is 29.9 Å². The number of hydrogen-bond acceptors (Lipinski definition) is 3. The topological polar surface area (TPSA) is 106 Å². The number of carbonyl (C=O) groups is 1. The molecule has 0 bridgehead atoms. The summed E-state index contributed by atoms with van der Waals surface area (Å²) in [5.74, 6) is 5.56. The van der Waals surface area contributed by atoms with Crippen molar-refractivity contribution in [1.82, 2.24) is 0 Å². The monoisotopic (exact) mass is 390 g/mol. The molecule has 0 aromatic heterocycles. The summed E-state index contributed by atoms with van der Waals surface area (Å²) in [5, 5.41) is 9.53. The Hall–Kier alpha value is -1.27. The smallest absolute Gasteiger partial charge is 0 e. The van der Waals surface area contributed by atoms with Gasteiger partial charge in [-0.2, -0.15) is 0 Å². The van der Waals surface area contributed by atoms with Crippen LogP contribution in [-0.4, -0.2) is 24.3 Å². The molecule has 1 atom stereocenters. The third-order valence-electron chi connectivity index (χ3n) is 2.22. The summed E-state index contributed by atoms with van der Waals surface area (Å²) < 4.78 is 26.9. The van der Waals surface area contributed by atoms with E-state index in [1.165, 1.54) is 32.8 Å². The number of esters is 1. The maximum Gasteiger partial charge on any atom is 0 e. The first-order valence-electron chi connectivity index (χ1n) is 6.88. The van der Waals surface area contributed by atoms with Crippen LogP contribution in [-0.2, 0) is 40.6 Å². The summed E-state index contributed by atoms with van der Waals surface area (Å²) in [6, 6.07) is 0. The molecule has 0 aromatic carbocycles. The van der Waals surface area contributed by atoms with Gasteiger partial charge in [-0.1, -0.05) is 19.8 Å². The van der Waals surface area contributed by atoms with E-state index in [4.69, 9.17) is 14.0 Å². The van der Waals surface area contributed by atoms with Crippen LogP contribution in [0.25, 0.3) is 0 Å². The Balaban J connectivity index is -0.000000171. The van der Waals surface area contributed by atoms with E-state index in [2.05, 4.69) is 43.5 Å². The molecular weight excluding hydrogens is 368 g/mol. The molecule has 0 aliphatic heterocycles. The maximum absolute atomic E-state index is 10.7. The van der Waals surface area contributed by atoms with Gasteiger partial charge >= 0.3 is 39.9 Å². The second-order valence-electron chi connectivity index (χ2n) is 3.85. The molecule has 0 unspecified atom stereocenters. The van der Waals surface area contributed by atoms with Gasteiger partial charge in [0.25, 0.3) is 0 Å². The summed E-state index contributed by atoms with van der Waals surface area (Å²) in [4.78, 5) is 10.7. The first-order valence-corrected chi connectivity index (χ1v) is 6.88. The molecule has 0 aromatic rings. The second kappa shape index (κ2) is 38.3. The van der Waals surface area contributed by atoms with E-state index in [-0.39, 0.29) is 17.1 Å². The van der Waals surface area contributed by atoms with Crippen molar-refractivity contribution in [2.45, 2.75) is 45.1 Å². The van der Waals surface area contributed by atoms with Crippen LogP contribution >= 0.6 is 0 Å². The first kappa shape index (κ1) is 34.9. The van der Waals surface area contributed by atoms with E-state index in [1.807, 2.05) is 0 Å². The summed E-state index contributed by atoms with van der Waals surface area (Å²) in [6.07, 6.45) is 10.3. The van der Waals surface area contributed by atoms with Gasteiger partial charge in [0.1, 0.15) is 0 Å². The van der Waals surface area contributed by atoms with E-state index in [0.29, 0.717) is 6.42 Å². The van der Waals surface area contributed by atoms with Crippen molar-refractivity contribution in [1.29, 1.82) is 0 Å². The molecule has 1 N–H and O–H groups in total. The number of unbranched alkanes of at least 4 members (excludes halogenated alkanes) is 4. The number of methoxy groups -OCH3 is 1. The molecule has 0 spiro atoms. The predicted molar refractivity (Wildman–Crippen MR) is 83.5 cm³/mol. The Morgan fingerprint density at radius 1 is 1.12 bits per heavy atom. The molecule has 0 amide bonds. The van der Waals surface area contributed by atoms with E-state index < -0.39 is 12.1 Å². The summed E-state index contributed by atoms with van der Waals surface area (Å²) in [7, 11) is 1.32. The molecule has 25 heavy (non-hydrogen) atoms. The fourth-order valence-corrected chi connectivity index (χ4v) is 1.19. The SMILES string of the molecule is CCCCCC#CC[C@@H](O)[CH][CH][CH][CH]C(=O)OC.[C-]#[O+].[C-]#[O+].[C-]#[O+].[Fe]. The molecule has 0 rings (SSSR count). The fraction of sp³-hybridized carbons (Fsp3) is 0.444. The second-order valence-corrected chi connectivity index (χ2v) is 3.85. The fourth-order valence-electron chi connectivity index (χ4n) is 1.19. The Labute approximate surface area is 161 Å². The minimum atomic E-state index is -0.592. The van der Waals surface area contributed by atoms with E-state index in [0.717, 1.165) is 12.8 Å².